The maximum atomic E-state index is 16.7. The zero-order valence-corrected chi connectivity index (χ0v) is 42.0. The number of methoxy groups -OCH3 is 2. The Kier molecular flexibility index (Phi) is 14.2. The van der Waals surface area contributed by atoms with E-state index >= 15 is 14.4 Å². The van der Waals surface area contributed by atoms with Gasteiger partial charge in [-0.25, -0.2) is 9.69 Å². The van der Waals surface area contributed by atoms with E-state index in [0.29, 0.717) is 70.4 Å². The van der Waals surface area contributed by atoms with Gasteiger partial charge in [0, 0.05) is 51.0 Å². The van der Waals surface area contributed by atoms with Crippen molar-refractivity contribution in [3.8, 4) is 34.8 Å². The van der Waals surface area contributed by atoms with Crippen LogP contribution in [0.4, 0.5) is 10.5 Å². The van der Waals surface area contributed by atoms with Crippen LogP contribution in [-0.4, -0.2) is 123 Å². The molecule has 16 heteroatoms. The molecule has 11 rings (SSSR count). The fourth-order valence-corrected chi connectivity index (χ4v) is 11.6. The first-order valence-electron chi connectivity index (χ1n) is 25.3. The molecule has 0 aliphatic carbocycles. The van der Waals surface area contributed by atoms with Crippen molar-refractivity contribution in [3.05, 3.63) is 185 Å². The molecule has 0 unspecified atom stereocenters. The summed E-state index contributed by atoms with van der Waals surface area (Å²) in [6.07, 6.45) is -1.89. The van der Waals surface area contributed by atoms with Crippen molar-refractivity contribution >= 4 is 29.6 Å². The van der Waals surface area contributed by atoms with Gasteiger partial charge in [0.25, 0.3) is 0 Å². The number of amides is 3. The third kappa shape index (κ3) is 9.15. The fraction of sp³-hybridized carbons (Fsp3) is 0.300. The van der Waals surface area contributed by atoms with Gasteiger partial charge in [-0.05, 0) is 94.5 Å². The number of hydrogen-bond donors (Lipinski definition) is 1. The monoisotopic (exact) mass is 1020 g/mol. The van der Waals surface area contributed by atoms with E-state index in [0.717, 1.165) is 16.0 Å². The Morgan fingerprint density at radius 2 is 1.38 bits per heavy atom. The van der Waals surface area contributed by atoms with Crippen LogP contribution in [0.1, 0.15) is 57.1 Å². The summed E-state index contributed by atoms with van der Waals surface area (Å²) < 4.78 is 40.2. The van der Waals surface area contributed by atoms with Crippen LogP contribution in [0.2, 0.25) is 0 Å². The van der Waals surface area contributed by atoms with Gasteiger partial charge in [-0.15, -0.1) is 0 Å². The van der Waals surface area contributed by atoms with Crippen LogP contribution in [-0.2, 0) is 40.6 Å². The number of esters is 1. The van der Waals surface area contributed by atoms with E-state index in [1.165, 1.54) is 7.11 Å². The predicted octanol–water partition coefficient (Wildman–Crippen LogP) is 6.99. The molecule has 0 radical (unpaired) electrons. The second-order valence-electron chi connectivity index (χ2n) is 19.2. The summed E-state index contributed by atoms with van der Waals surface area (Å²) in [6, 6.07) is 41.2. The number of carbonyl (C=O) groups is 4. The van der Waals surface area contributed by atoms with E-state index in [-0.39, 0.29) is 52.0 Å². The Bertz CT molecular complexity index is 3180. The summed E-state index contributed by atoms with van der Waals surface area (Å²) in [4.78, 5) is 70.5. The minimum absolute atomic E-state index is 0.0362. The molecule has 6 atom stereocenters. The number of ether oxygens (including phenoxy) is 7. The van der Waals surface area contributed by atoms with Gasteiger partial charge in [0.2, 0.25) is 18.6 Å². The molecule has 16 nitrogen and oxygen atoms in total. The lowest BCUT2D eigenvalue weighted by atomic mass is 9.64. The average Bonchev–Trinajstić information content (AvgIpc) is 4.32. The lowest BCUT2D eigenvalue weighted by Crippen LogP contribution is -2.59. The Balaban J connectivity index is 1.12. The van der Waals surface area contributed by atoms with E-state index < -0.39 is 59.4 Å². The number of benzene rings is 6. The number of nitrogens with zero attached hydrogens (tertiary/aromatic N) is 4. The molecule has 3 saturated heterocycles. The molecular weight excluding hydrogens is 969 g/mol. The van der Waals surface area contributed by atoms with Crippen molar-refractivity contribution < 1.29 is 57.4 Å². The number of aliphatic hydroxyl groups excluding tert-OH is 1. The largest absolute Gasteiger partial charge is 0.497 e. The van der Waals surface area contributed by atoms with Crippen LogP contribution >= 0.6 is 0 Å². The third-order valence-electron chi connectivity index (χ3n) is 14.9. The molecule has 5 aliphatic heterocycles. The van der Waals surface area contributed by atoms with E-state index in [2.05, 4.69) is 16.7 Å². The lowest BCUT2D eigenvalue weighted by molar-refractivity contribution is -0.179. The molecule has 388 valence electrons. The number of hydrogen-bond acceptors (Lipinski definition) is 14. The highest BCUT2D eigenvalue weighted by atomic mass is 16.7. The van der Waals surface area contributed by atoms with Crippen molar-refractivity contribution in [2.24, 2.45) is 5.92 Å². The summed E-state index contributed by atoms with van der Waals surface area (Å²) in [5.41, 5.74) is 2.70. The molecule has 3 amide bonds. The van der Waals surface area contributed by atoms with Gasteiger partial charge in [0.1, 0.15) is 42.3 Å². The van der Waals surface area contributed by atoms with Crippen LogP contribution < -0.4 is 23.8 Å². The van der Waals surface area contributed by atoms with Crippen LogP contribution in [0.5, 0.6) is 23.0 Å². The molecule has 0 saturated carbocycles. The van der Waals surface area contributed by atoms with Crippen LogP contribution in [0, 0.1) is 17.8 Å². The van der Waals surface area contributed by atoms with Crippen LogP contribution in [0.3, 0.4) is 0 Å². The Morgan fingerprint density at radius 3 is 2.09 bits per heavy atom. The molecule has 0 bridgehead atoms. The minimum Gasteiger partial charge on any atom is -0.497 e. The highest BCUT2D eigenvalue weighted by Gasteiger charge is 2.76. The molecule has 5 aliphatic rings. The maximum absolute atomic E-state index is 16.7. The van der Waals surface area contributed by atoms with Gasteiger partial charge in [-0.2, -0.15) is 0 Å². The first-order chi connectivity index (χ1) is 37.2. The number of imide groups is 1. The zero-order valence-electron chi connectivity index (χ0n) is 42.0. The highest BCUT2D eigenvalue weighted by Crippen LogP contribution is 2.66. The Hall–Kier alpha value is -8.20. The summed E-state index contributed by atoms with van der Waals surface area (Å²) in [5, 5.41) is 9.69. The highest BCUT2D eigenvalue weighted by molar-refractivity contribution is 6.23. The van der Waals surface area contributed by atoms with Crippen molar-refractivity contribution in [2.75, 3.05) is 78.5 Å². The number of aliphatic hydroxyl groups is 1. The quantitative estimate of drug-likeness (QED) is 0.0715. The molecular formula is C60H56N4O12. The molecule has 6 aromatic rings. The predicted molar refractivity (Wildman–Crippen MR) is 278 cm³/mol. The second kappa shape index (κ2) is 21.6. The number of piperazine rings is 1. The topological polar surface area (TPSA) is 166 Å². The van der Waals surface area contributed by atoms with Crippen molar-refractivity contribution in [1.29, 1.82) is 0 Å². The van der Waals surface area contributed by atoms with Crippen LogP contribution in [0.25, 0.3) is 0 Å². The van der Waals surface area contributed by atoms with Gasteiger partial charge in [0.05, 0.1) is 44.0 Å². The maximum Gasteiger partial charge on any atom is 0.421 e. The summed E-state index contributed by atoms with van der Waals surface area (Å²) in [6.45, 7) is 1.96. The molecule has 0 aromatic heterocycles. The first-order valence-corrected chi connectivity index (χ1v) is 25.3. The molecule has 3 fully saturated rings. The smallest absolute Gasteiger partial charge is 0.421 e. The van der Waals surface area contributed by atoms with E-state index in [9.17, 15) is 9.90 Å². The van der Waals surface area contributed by atoms with E-state index in [1.807, 2.05) is 120 Å². The number of anilines is 1. The Labute approximate surface area is 440 Å². The number of morpholine rings is 1. The number of carbonyl (C=O) groups excluding carboxylic acids is 4. The first kappa shape index (κ1) is 50.0. The number of fused-ring (bicyclic) bond motifs is 4. The third-order valence-corrected chi connectivity index (χ3v) is 14.9. The van der Waals surface area contributed by atoms with Crippen LogP contribution in [0.15, 0.2) is 146 Å². The molecule has 1 spiro atoms. The lowest BCUT2D eigenvalue weighted by Gasteiger charge is -2.46. The molecule has 5 heterocycles. The summed E-state index contributed by atoms with van der Waals surface area (Å²) in [7, 11) is 3.07. The van der Waals surface area contributed by atoms with Crippen molar-refractivity contribution in [1.82, 2.24) is 14.7 Å². The van der Waals surface area contributed by atoms with E-state index in [4.69, 9.17) is 33.2 Å². The van der Waals surface area contributed by atoms with Gasteiger partial charge in [-0.1, -0.05) is 90.7 Å². The van der Waals surface area contributed by atoms with Gasteiger partial charge in [-0.3, -0.25) is 24.2 Å². The second-order valence-corrected chi connectivity index (χ2v) is 19.2. The average molecular weight is 1030 g/mol. The Morgan fingerprint density at radius 1 is 0.697 bits per heavy atom. The molecule has 1 N–H and O–H groups in total. The standard InChI is InChI=1S/C60H56N4O12/c1-70-33-34-73-59(69)63-48-25-17-40(14-13-39-15-21-45(71-2)22-16-39)35-47(48)60(58(63)68)51(56(66)62-29-27-61(28-30-62)37-41-18-26-49-50(36-41)75-38-74-49)53-57(67)76-54(43-11-7-4-8-12-43)52(42-9-5-3-6-10-42)64(53)55(60)44-19-23-46(24-20-44)72-32-31-65/h3-12,15-26,35-36,51-55,65H,27-34,37-38H2,1-2H3/t51-,52-,53-,54+,55+,60-/m0/s1. The van der Waals surface area contributed by atoms with Crippen molar-refractivity contribution in [2.45, 2.75) is 36.2 Å². The number of cyclic esters (lactones) is 1. The summed E-state index contributed by atoms with van der Waals surface area (Å²) in [5.74, 6) is 5.63. The summed E-state index contributed by atoms with van der Waals surface area (Å²) >= 11 is 0. The number of rotatable bonds is 13. The normalized spacial score (nSPS) is 22.6. The van der Waals surface area contributed by atoms with Gasteiger partial charge in [0.15, 0.2) is 11.5 Å². The fourth-order valence-electron chi connectivity index (χ4n) is 11.6. The molecule has 76 heavy (non-hydrogen) atoms. The zero-order chi connectivity index (χ0) is 52.3. The van der Waals surface area contributed by atoms with Gasteiger partial charge >= 0.3 is 12.1 Å². The van der Waals surface area contributed by atoms with Crippen molar-refractivity contribution in [3.63, 3.8) is 0 Å². The minimum atomic E-state index is -2.02. The molecule has 6 aromatic carbocycles. The SMILES string of the molecule is COCCOC(=O)N1C(=O)[C@@]2(c3cc(C#Cc4ccc(OC)cc4)ccc31)[C@H](C(=O)N1CCN(Cc3ccc4c(c3)OCO4)CC1)[C@H]1C(=O)O[C@H](c3ccccc3)[C@H](c3ccccc3)N1[C@@H]2c1ccc(OCCO)cc1. The van der Waals surface area contributed by atoms with E-state index in [1.54, 1.807) is 42.3 Å². The van der Waals surface area contributed by atoms with Gasteiger partial charge < -0.3 is 43.2 Å².